The molecule has 0 saturated carbocycles. The molecule has 0 aliphatic carbocycles. The molecule has 3 rings (SSSR count). The maximum atomic E-state index is 12.7. The van der Waals surface area contributed by atoms with Crippen molar-refractivity contribution in [3.05, 3.63) is 71.3 Å². The second-order valence-corrected chi connectivity index (χ2v) is 7.06. The predicted molar refractivity (Wildman–Crippen MR) is 80.1 cm³/mol. The van der Waals surface area contributed by atoms with Crippen molar-refractivity contribution in [1.82, 2.24) is 4.31 Å². The second-order valence-electron chi connectivity index (χ2n) is 5.15. The van der Waals surface area contributed by atoms with E-state index in [4.69, 9.17) is 0 Å². The first kappa shape index (κ1) is 13.8. The molecule has 1 atom stereocenters. The topological polar surface area (TPSA) is 54.5 Å². The molecule has 1 heterocycles. The lowest BCUT2D eigenvalue weighted by Gasteiger charge is -2.32. The van der Waals surface area contributed by atoms with E-state index in [0.717, 1.165) is 27.3 Å². The number of benzene rings is 2. The predicted octanol–water partition coefficient (Wildman–Crippen LogP) is 2.12. The first-order chi connectivity index (χ1) is 9.98. The number of hydrogen-bond donors (Lipinski definition) is 0. The van der Waals surface area contributed by atoms with E-state index in [9.17, 15) is 13.2 Å². The molecule has 0 spiro atoms. The van der Waals surface area contributed by atoms with Crippen LogP contribution in [0.4, 0.5) is 0 Å². The van der Waals surface area contributed by atoms with Gasteiger partial charge in [-0.25, -0.2) is 12.7 Å². The lowest BCUT2D eigenvalue weighted by Crippen LogP contribution is -2.42. The Kier molecular flexibility index (Phi) is 3.29. The summed E-state index contributed by atoms with van der Waals surface area (Å²) in [6.45, 7) is 0.108. The Bertz CT molecular complexity index is 784. The zero-order valence-electron chi connectivity index (χ0n) is 11.6. The molecule has 1 amide bonds. The van der Waals surface area contributed by atoms with Gasteiger partial charge in [0.05, 0.1) is 18.7 Å². The summed E-state index contributed by atoms with van der Waals surface area (Å²) in [4.78, 5) is 12.7. The highest BCUT2D eigenvalue weighted by molar-refractivity contribution is 7.88. The normalized spacial score (nSPS) is 18.4. The van der Waals surface area contributed by atoms with Crippen LogP contribution in [0.1, 0.15) is 22.6 Å². The van der Waals surface area contributed by atoms with Crippen LogP contribution >= 0.6 is 0 Å². The number of amides is 1. The summed E-state index contributed by atoms with van der Waals surface area (Å²) < 4.78 is 24.7. The molecule has 1 unspecified atom stereocenters. The quantitative estimate of drug-likeness (QED) is 0.854. The van der Waals surface area contributed by atoms with E-state index in [1.807, 2.05) is 54.6 Å². The molecule has 0 fully saturated rings. The van der Waals surface area contributed by atoms with Crippen LogP contribution in [0.15, 0.2) is 54.6 Å². The summed E-state index contributed by atoms with van der Waals surface area (Å²) in [6.07, 6.45) is 1.07. The van der Waals surface area contributed by atoms with Crippen LogP contribution in [-0.4, -0.2) is 24.9 Å². The maximum Gasteiger partial charge on any atom is 0.248 e. The fourth-order valence-electron chi connectivity index (χ4n) is 2.72. The van der Waals surface area contributed by atoms with E-state index in [1.54, 1.807) is 0 Å². The van der Waals surface area contributed by atoms with Crippen molar-refractivity contribution in [1.29, 1.82) is 0 Å². The third-order valence-corrected chi connectivity index (χ3v) is 4.82. The van der Waals surface area contributed by atoms with Gasteiger partial charge >= 0.3 is 0 Å². The van der Waals surface area contributed by atoms with Gasteiger partial charge in [-0.3, -0.25) is 4.79 Å². The van der Waals surface area contributed by atoms with Crippen LogP contribution in [0, 0.1) is 0 Å². The molecular weight excluding hydrogens is 286 g/mol. The van der Waals surface area contributed by atoms with Crippen LogP contribution in [-0.2, 0) is 21.4 Å². The Labute approximate surface area is 124 Å². The number of carbonyl (C=O) groups excluding carboxylic acids is 1. The minimum absolute atomic E-state index is 0.108. The van der Waals surface area contributed by atoms with Crippen molar-refractivity contribution in [2.75, 3.05) is 6.26 Å². The molecule has 4 nitrogen and oxygen atoms in total. The van der Waals surface area contributed by atoms with Crippen LogP contribution in [0.5, 0.6) is 0 Å². The molecule has 2 aromatic carbocycles. The Morgan fingerprint density at radius 1 is 1.00 bits per heavy atom. The summed E-state index contributed by atoms with van der Waals surface area (Å²) in [5.41, 5.74) is 2.56. The van der Waals surface area contributed by atoms with Crippen molar-refractivity contribution in [2.24, 2.45) is 0 Å². The van der Waals surface area contributed by atoms with Gasteiger partial charge in [0.15, 0.2) is 0 Å². The van der Waals surface area contributed by atoms with E-state index < -0.39 is 15.9 Å². The third-order valence-electron chi connectivity index (χ3n) is 3.71. The minimum Gasteiger partial charge on any atom is -0.273 e. The number of sulfonamides is 1. The Hall–Kier alpha value is -2.14. The van der Waals surface area contributed by atoms with E-state index in [2.05, 4.69) is 0 Å². The van der Waals surface area contributed by atoms with Gasteiger partial charge in [0.25, 0.3) is 0 Å². The third kappa shape index (κ3) is 2.45. The number of carbonyl (C=O) groups is 1. The molecule has 0 bridgehead atoms. The highest BCUT2D eigenvalue weighted by Crippen LogP contribution is 2.35. The largest absolute Gasteiger partial charge is 0.273 e. The summed E-state index contributed by atoms with van der Waals surface area (Å²) in [7, 11) is -3.57. The molecule has 0 saturated heterocycles. The average molecular weight is 301 g/mol. The SMILES string of the molecule is CS(=O)(=O)N1Cc2ccccc2C(c2ccccc2)C1=O. The molecule has 5 heteroatoms. The number of nitrogens with zero attached hydrogens (tertiary/aromatic N) is 1. The van der Waals surface area contributed by atoms with Crippen molar-refractivity contribution >= 4 is 15.9 Å². The van der Waals surface area contributed by atoms with Gasteiger partial charge in [0, 0.05) is 0 Å². The molecule has 108 valence electrons. The van der Waals surface area contributed by atoms with Gasteiger partial charge in [-0.1, -0.05) is 54.6 Å². The van der Waals surface area contributed by atoms with E-state index in [-0.39, 0.29) is 12.5 Å². The van der Waals surface area contributed by atoms with Gasteiger partial charge in [-0.05, 0) is 16.7 Å². The highest BCUT2D eigenvalue weighted by atomic mass is 32.2. The lowest BCUT2D eigenvalue weighted by molar-refractivity contribution is -0.128. The first-order valence-electron chi connectivity index (χ1n) is 6.63. The van der Waals surface area contributed by atoms with Crippen LogP contribution in [0.2, 0.25) is 0 Å². The Morgan fingerprint density at radius 3 is 2.29 bits per heavy atom. The molecule has 1 aliphatic heterocycles. The molecule has 21 heavy (non-hydrogen) atoms. The second kappa shape index (κ2) is 5.00. The van der Waals surface area contributed by atoms with Crippen LogP contribution < -0.4 is 0 Å². The Morgan fingerprint density at radius 2 is 1.62 bits per heavy atom. The summed E-state index contributed by atoms with van der Waals surface area (Å²) in [5, 5.41) is 0. The molecular formula is C16H15NO3S. The number of rotatable bonds is 2. The summed E-state index contributed by atoms with van der Waals surface area (Å²) in [5.74, 6) is -0.951. The molecule has 0 N–H and O–H groups in total. The van der Waals surface area contributed by atoms with Gasteiger partial charge in [0.2, 0.25) is 15.9 Å². The van der Waals surface area contributed by atoms with Gasteiger partial charge in [-0.15, -0.1) is 0 Å². The summed E-state index contributed by atoms with van der Waals surface area (Å²) >= 11 is 0. The zero-order valence-corrected chi connectivity index (χ0v) is 12.4. The van der Waals surface area contributed by atoms with Gasteiger partial charge < -0.3 is 0 Å². The maximum absolute atomic E-state index is 12.7. The number of hydrogen-bond acceptors (Lipinski definition) is 3. The van der Waals surface area contributed by atoms with E-state index in [0.29, 0.717) is 0 Å². The van der Waals surface area contributed by atoms with Crippen molar-refractivity contribution in [3.8, 4) is 0 Å². The Balaban J connectivity index is 2.19. The molecule has 0 radical (unpaired) electrons. The van der Waals surface area contributed by atoms with E-state index in [1.165, 1.54) is 0 Å². The lowest BCUT2D eigenvalue weighted by atomic mass is 9.85. The zero-order chi connectivity index (χ0) is 15.0. The van der Waals surface area contributed by atoms with Crippen LogP contribution in [0.25, 0.3) is 0 Å². The van der Waals surface area contributed by atoms with Gasteiger partial charge in [-0.2, -0.15) is 0 Å². The van der Waals surface area contributed by atoms with Crippen molar-refractivity contribution in [3.63, 3.8) is 0 Å². The van der Waals surface area contributed by atoms with Gasteiger partial charge in [0.1, 0.15) is 0 Å². The van der Waals surface area contributed by atoms with Crippen molar-refractivity contribution in [2.45, 2.75) is 12.5 Å². The molecule has 2 aromatic rings. The monoisotopic (exact) mass is 301 g/mol. The van der Waals surface area contributed by atoms with Crippen LogP contribution in [0.3, 0.4) is 0 Å². The standard InChI is InChI=1S/C16H15NO3S/c1-21(19,20)17-11-13-9-5-6-10-14(13)15(16(17)18)12-7-3-2-4-8-12/h2-10,15H,11H2,1H3. The highest BCUT2D eigenvalue weighted by Gasteiger charge is 2.37. The molecule has 0 aromatic heterocycles. The molecule has 1 aliphatic rings. The summed E-state index contributed by atoms with van der Waals surface area (Å²) in [6, 6.07) is 16.8. The fourth-order valence-corrected chi connectivity index (χ4v) is 3.52. The van der Waals surface area contributed by atoms with E-state index >= 15 is 0 Å². The minimum atomic E-state index is -3.57. The first-order valence-corrected chi connectivity index (χ1v) is 8.47. The smallest absolute Gasteiger partial charge is 0.248 e. The average Bonchev–Trinajstić information content (AvgIpc) is 2.46. The fraction of sp³-hybridized carbons (Fsp3) is 0.188. The number of fused-ring (bicyclic) bond motifs is 1. The van der Waals surface area contributed by atoms with Crippen molar-refractivity contribution < 1.29 is 13.2 Å².